The molecule has 0 unspecified atom stereocenters. The number of aryl methyl sites for hydroxylation is 2. The summed E-state index contributed by atoms with van der Waals surface area (Å²) in [6.45, 7) is 7.27. The van der Waals surface area contributed by atoms with E-state index in [1.165, 1.54) is 0 Å². The minimum Gasteiger partial charge on any atom is -0.507 e. The number of hydrogen-bond acceptors (Lipinski definition) is 9. The average Bonchev–Trinajstić information content (AvgIpc) is 3.54. The Bertz CT molecular complexity index is 1420. The SMILES string of the molecule is CCOP(=O)(OCC)[C@@H](NC(=O)c1ccc(C)cc1)c1nnc(-c2cc(-c3cc(C)ccc3O)n[nH]2)o1. The van der Waals surface area contributed by atoms with E-state index in [2.05, 4.69) is 25.7 Å². The number of aromatic hydroxyl groups is 1. The summed E-state index contributed by atoms with van der Waals surface area (Å²) in [6.07, 6.45) is 0. The third-order valence-electron chi connectivity index (χ3n) is 5.43. The van der Waals surface area contributed by atoms with Crippen LogP contribution < -0.4 is 5.32 Å². The van der Waals surface area contributed by atoms with Crippen molar-refractivity contribution < 1.29 is 27.9 Å². The van der Waals surface area contributed by atoms with Gasteiger partial charge in [-0.15, -0.1) is 10.2 Å². The number of carbonyl (C=O) groups is 1. The molecule has 0 saturated carbocycles. The second-order valence-electron chi connectivity index (χ2n) is 8.25. The molecule has 0 saturated heterocycles. The second-order valence-corrected chi connectivity index (χ2v) is 10.4. The molecular formula is C25H28N5O6P. The standard InChI is InChI=1S/C25H28N5O6P/c1-5-34-37(33,35-6-2)25(26-22(32)17-10-7-15(3)8-11-17)24-30-29-23(36-24)20-14-19(27-28-20)18-13-16(4)9-12-21(18)31/h7-14,25,31H,5-6H2,1-4H3,(H,26,32)(H,27,28)/t25-/m1/s1. The Morgan fingerprint density at radius 2 is 1.73 bits per heavy atom. The maximum absolute atomic E-state index is 13.7. The van der Waals surface area contributed by atoms with E-state index in [9.17, 15) is 14.5 Å². The zero-order valence-electron chi connectivity index (χ0n) is 20.9. The summed E-state index contributed by atoms with van der Waals surface area (Å²) in [5, 5.41) is 28.0. The van der Waals surface area contributed by atoms with Crippen molar-refractivity contribution in [2.45, 2.75) is 33.5 Å². The Labute approximate surface area is 213 Å². The number of H-pyrrole nitrogens is 1. The summed E-state index contributed by atoms with van der Waals surface area (Å²) in [5.74, 6) is -1.91. The molecule has 37 heavy (non-hydrogen) atoms. The Kier molecular flexibility index (Phi) is 7.87. The molecule has 4 aromatic rings. The summed E-state index contributed by atoms with van der Waals surface area (Å²) in [4.78, 5) is 13.0. The fraction of sp³-hybridized carbons (Fsp3) is 0.280. The van der Waals surface area contributed by atoms with Crippen molar-refractivity contribution in [1.82, 2.24) is 25.7 Å². The number of benzene rings is 2. The van der Waals surface area contributed by atoms with Crippen molar-refractivity contribution in [3.8, 4) is 28.6 Å². The van der Waals surface area contributed by atoms with E-state index in [0.717, 1.165) is 11.1 Å². The number of aromatic nitrogens is 4. The van der Waals surface area contributed by atoms with Crippen molar-refractivity contribution in [2.75, 3.05) is 13.2 Å². The Morgan fingerprint density at radius 1 is 1.05 bits per heavy atom. The summed E-state index contributed by atoms with van der Waals surface area (Å²) in [5.41, 5.74) is 3.65. The number of nitrogens with one attached hydrogen (secondary N) is 2. The molecule has 0 aliphatic rings. The normalized spacial score (nSPS) is 12.4. The van der Waals surface area contributed by atoms with E-state index >= 15 is 0 Å². The molecule has 3 N–H and O–H groups in total. The highest BCUT2D eigenvalue weighted by molar-refractivity contribution is 7.54. The zero-order valence-corrected chi connectivity index (χ0v) is 21.8. The molecule has 0 aliphatic heterocycles. The molecule has 0 bridgehead atoms. The van der Waals surface area contributed by atoms with Crippen LogP contribution in [0.25, 0.3) is 22.8 Å². The molecule has 0 fully saturated rings. The number of rotatable bonds is 10. The quantitative estimate of drug-likeness (QED) is 0.239. The van der Waals surface area contributed by atoms with Crippen LogP contribution in [0.5, 0.6) is 5.75 Å². The van der Waals surface area contributed by atoms with E-state index in [1.54, 1.807) is 62.4 Å². The monoisotopic (exact) mass is 525 g/mol. The lowest BCUT2D eigenvalue weighted by atomic mass is 10.1. The van der Waals surface area contributed by atoms with Gasteiger partial charge in [0.25, 0.3) is 17.7 Å². The molecule has 0 aliphatic carbocycles. The van der Waals surface area contributed by atoms with Crippen molar-refractivity contribution in [2.24, 2.45) is 0 Å². The maximum atomic E-state index is 13.7. The van der Waals surface area contributed by atoms with Crippen molar-refractivity contribution in [3.05, 3.63) is 71.1 Å². The summed E-state index contributed by atoms with van der Waals surface area (Å²) in [6, 6.07) is 13.7. The van der Waals surface area contributed by atoms with Gasteiger partial charge >= 0.3 is 7.60 Å². The molecule has 0 radical (unpaired) electrons. The van der Waals surface area contributed by atoms with Crippen LogP contribution in [0.15, 0.2) is 52.9 Å². The summed E-state index contributed by atoms with van der Waals surface area (Å²) < 4.78 is 30.5. The van der Waals surface area contributed by atoms with Crippen LogP contribution in [0.1, 0.15) is 47.0 Å². The van der Waals surface area contributed by atoms with Gasteiger partial charge in [-0.1, -0.05) is 29.3 Å². The van der Waals surface area contributed by atoms with Crippen LogP contribution in [-0.4, -0.2) is 44.6 Å². The van der Waals surface area contributed by atoms with Gasteiger partial charge in [0.1, 0.15) is 11.4 Å². The van der Waals surface area contributed by atoms with Gasteiger partial charge in [-0.3, -0.25) is 14.5 Å². The molecule has 11 nitrogen and oxygen atoms in total. The summed E-state index contributed by atoms with van der Waals surface area (Å²) in [7, 11) is -3.96. The minimum atomic E-state index is -3.96. The van der Waals surface area contributed by atoms with E-state index in [-0.39, 0.29) is 30.7 Å². The van der Waals surface area contributed by atoms with Gasteiger partial charge in [0.15, 0.2) is 0 Å². The lowest BCUT2D eigenvalue weighted by Gasteiger charge is -2.24. The first kappa shape index (κ1) is 26.3. The van der Waals surface area contributed by atoms with Crippen LogP contribution in [0, 0.1) is 13.8 Å². The number of nitrogens with zero attached hydrogens (tertiary/aromatic N) is 3. The molecule has 2 aromatic heterocycles. The molecule has 194 valence electrons. The van der Waals surface area contributed by atoms with Gasteiger partial charge < -0.3 is 23.9 Å². The third-order valence-corrected chi connectivity index (χ3v) is 7.65. The predicted molar refractivity (Wildman–Crippen MR) is 136 cm³/mol. The number of phenols is 1. The second kappa shape index (κ2) is 11.1. The van der Waals surface area contributed by atoms with E-state index in [4.69, 9.17) is 13.5 Å². The third kappa shape index (κ3) is 5.80. The summed E-state index contributed by atoms with van der Waals surface area (Å²) >= 11 is 0. The van der Waals surface area contributed by atoms with Crippen LogP contribution in [0.3, 0.4) is 0 Å². The Balaban J connectivity index is 1.68. The van der Waals surface area contributed by atoms with Crippen molar-refractivity contribution in [1.29, 1.82) is 0 Å². The first-order valence-corrected chi connectivity index (χ1v) is 13.3. The lowest BCUT2D eigenvalue weighted by molar-refractivity contribution is 0.0931. The van der Waals surface area contributed by atoms with Gasteiger partial charge in [-0.2, -0.15) is 5.10 Å². The van der Waals surface area contributed by atoms with Gasteiger partial charge in [0.2, 0.25) is 5.78 Å². The molecule has 4 rings (SSSR count). The fourth-order valence-electron chi connectivity index (χ4n) is 3.61. The molecule has 2 aromatic carbocycles. The van der Waals surface area contributed by atoms with Gasteiger partial charge in [0.05, 0.1) is 18.9 Å². The van der Waals surface area contributed by atoms with Gasteiger partial charge in [-0.25, -0.2) is 0 Å². The van der Waals surface area contributed by atoms with E-state index in [0.29, 0.717) is 22.5 Å². The zero-order chi connectivity index (χ0) is 26.6. The molecule has 1 amide bonds. The van der Waals surface area contributed by atoms with Crippen molar-refractivity contribution in [3.63, 3.8) is 0 Å². The number of phenolic OH excluding ortho intramolecular Hbond substituents is 1. The predicted octanol–water partition coefficient (Wildman–Crippen LogP) is 5.14. The Morgan fingerprint density at radius 3 is 2.41 bits per heavy atom. The van der Waals surface area contributed by atoms with Crippen LogP contribution >= 0.6 is 7.60 Å². The smallest absolute Gasteiger partial charge is 0.362 e. The number of carbonyl (C=O) groups excluding carboxylic acids is 1. The maximum Gasteiger partial charge on any atom is 0.362 e. The lowest BCUT2D eigenvalue weighted by Crippen LogP contribution is -2.30. The van der Waals surface area contributed by atoms with Gasteiger partial charge in [-0.05, 0) is 58.0 Å². The van der Waals surface area contributed by atoms with Crippen molar-refractivity contribution >= 4 is 13.5 Å². The molecule has 0 spiro atoms. The average molecular weight is 526 g/mol. The molecule has 2 heterocycles. The topological polar surface area (TPSA) is 152 Å². The van der Waals surface area contributed by atoms with Crippen LogP contribution in [-0.2, 0) is 13.6 Å². The van der Waals surface area contributed by atoms with Crippen LogP contribution in [0.4, 0.5) is 0 Å². The largest absolute Gasteiger partial charge is 0.507 e. The van der Waals surface area contributed by atoms with Gasteiger partial charge in [0, 0.05) is 11.1 Å². The number of aromatic amines is 1. The highest BCUT2D eigenvalue weighted by Gasteiger charge is 2.42. The highest BCUT2D eigenvalue weighted by Crippen LogP contribution is 2.59. The van der Waals surface area contributed by atoms with E-state index < -0.39 is 19.3 Å². The number of amides is 1. The molecule has 1 atom stereocenters. The molecule has 12 heteroatoms. The first-order valence-electron chi connectivity index (χ1n) is 11.7. The van der Waals surface area contributed by atoms with E-state index in [1.807, 2.05) is 13.8 Å². The minimum absolute atomic E-state index is 0.0371. The first-order chi connectivity index (χ1) is 17.7. The van der Waals surface area contributed by atoms with Crippen LogP contribution in [0.2, 0.25) is 0 Å². The molecular weight excluding hydrogens is 497 g/mol. The number of hydrogen-bond donors (Lipinski definition) is 3. The highest BCUT2D eigenvalue weighted by atomic mass is 31.2. The Hall–Kier alpha value is -3.79. The fourth-order valence-corrected chi connectivity index (χ4v) is 5.36.